The topological polar surface area (TPSA) is 42.0 Å². The molecule has 1 aliphatic rings. The third kappa shape index (κ3) is 7.11. The second-order valence-electron chi connectivity index (χ2n) is 6.28. The molecule has 0 spiro atoms. The zero-order valence-electron chi connectivity index (χ0n) is 14.9. The minimum Gasteiger partial charge on any atom is -0.445 e. The molecule has 0 radical (unpaired) electrons. The molecule has 1 amide bonds. The van der Waals surface area contributed by atoms with E-state index in [9.17, 15) is 18.0 Å². The molecule has 0 N–H and O–H groups in total. The van der Waals surface area contributed by atoms with Gasteiger partial charge in [0, 0.05) is 26.2 Å². The predicted octanol–water partition coefficient (Wildman–Crippen LogP) is 4.03. The van der Waals surface area contributed by atoms with Gasteiger partial charge in [-0.25, -0.2) is 4.79 Å². The monoisotopic (exact) mass is 374 g/mol. The molecule has 1 aromatic carbocycles. The van der Waals surface area contributed by atoms with Crippen LogP contribution in [-0.4, -0.2) is 55.0 Å². The zero-order chi connectivity index (χ0) is 19.0. The molecule has 2 rings (SSSR count). The second kappa shape index (κ2) is 9.66. The molecule has 0 aromatic heterocycles. The number of benzene rings is 1. The van der Waals surface area contributed by atoms with Crippen molar-refractivity contribution in [2.24, 2.45) is 0 Å². The highest BCUT2D eigenvalue weighted by atomic mass is 19.4. The summed E-state index contributed by atoms with van der Waals surface area (Å²) in [6.45, 7) is 6.17. The number of hydrogen-bond acceptors (Lipinski definition) is 4. The fraction of sp³-hybridized carbons (Fsp3) is 0.611. The highest BCUT2D eigenvalue weighted by Crippen LogP contribution is 2.23. The number of unbranched alkanes of at least 4 members (excludes halogenated alkanes) is 2. The summed E-state index contributed by atoms with van der Waals surface area (Å²) in [7, 11) is 0. The molecule has 5 nitrogen and oxygen atoms in total. The molecule has 0 unspecified atom stereocenters. The van der Waals surface area contributed by atoms with Crippen LogP contribution in [0.3, 0.4) is 0 Å². The average Bonchev–Trinajstić information content (AvgIpc) is 2.60. The van der Waals surface area contributed by atoms with Crippen molar-refractivity contribution in [1.82, 2.24) is 9.80 Å². The maximum Gasteiger partial charge on any atom is 0.573 e. The summed E-state index contributed by atoms with van der Waals surface area (Å²) in [6, 6.07) is 5.29. The van der Waals surface area contributed by atoms with Gasteiger partial charge in [0.2, 0.25) is 0 Å². The molecule has 1 aliphatic heterocycles. The SMILES string of the molecule is CCCCCN1CCN(C(=O)OCc2ccc(OC(F)(F)F)cc2)CC1. The van der Waals surface area contributed by atoms with Crippen molar-refractivity contribution in [2.75, 3.05) is 32.7 Å². The number of alkyl halides is 3. The second-order valence-corrected chi connectivity index (χ2v) is 6.28. The number of carbonyl (C=O) groups excluding carboxylic acids is 1. The first-order chi connectivity index (χ1) is 12.4. The maximum atomic E-state index is 12.1. The van der Waals surface area contributed by atoms with Crippen molar-refractivity contribution >= 4 is 6.09 Å². The van der Waals surface area contributed by atoms with Gasteiger partial charge in [0.1, 0.15) is 12.4 Å². The van der Waals surface area contributed by atoms with Gasteiger partial charge in [-0.3, -0.25) is 4.90 Å². The predicted molar refractivity (Wildman–Crippen MR) is 90.8 cm³/mol. The Morgan fingerprint density at radius 1 is 1.08 bits per heavy atom. The van der Waals surface area contributed by atoms with Gasteiger partial charge < -0.3 is 14.4 Å². The zero-order valence-corrected chi connectivity index (χ0v) is 14.9. The van der Waals surface area contributed by atoms with Crippen LogP contribution in [0.4, 0.5) is 18.0 Å². The lowest BCUT2D eigenvalue weighted by molar-refractivity contribution is -0.274. The number of nitrogens with zero attached hydrogens (tertiary/aromatic N) is 2. The third-order valence-electron chi connectivity index (χ3n) is 4.23. The minimum absolute atomic E-state index is 0.0157. The first-order valence-electron chi connectivity index (χ1n) is 8.86. The van der Waals surface area contributed by atoms with Crippen LogP contribution in [-0.2, 0) is 11.3 Å². The Kier molecular flexibility index (Phi) is 7.56. The molecule has 1 saturated heterocycles. The first kappa shape index (κ1) is 20.4. The van der Waals surface area contributed by atoms with E-state index in [1.807, 2.05) is 0 Å². The van der Waals surface area contributed by atoms with Crippen LogP contribution < -0.4 is 4.74 Å². The Balaban J connectivity index is 1.70. The van der Waals surface area contributed by atoms with E-state index >= 15 is 0 Å². The number of piperazine rings is 1. The van der Waals surface area contributed by atoms with E-state index in [0.717, 1.165) is 19.6 Å². The summed E-state index contributed by atoms with van der Waals surface area (Å²) in [4.78, 5) is 16.1. The van der Waals surface area contributed by atoms with Crippen LogP contribution in [0.25, 0.3) is 0 Å². The first-order valence-corrected chi connectivity index (χ1v) is 8.86. The van der Waals surface area contributed by atoms with Crippen LogP contribution in [0.1, 0.15) is 31.7 Å². The number of rotatable bonds is 7. The van der Waals surface area contributed by atoms with Crippen molar-refractivity contribution in [1.29, 1.82) is 0 Å². The Hall–Kier alpha value is -1.96. The molecule has 8 heteroatoms. The van der Waals surface area contributed by atoms with E-state index in [4.69, 9.17) is 4.74 Å². The van der Waals surface area contributed by atoms with Gasteiger partial charge in [0.25, 0.3) is 0 Å². The van der Waals surface area contributed by atoms with E-state index < -0.39 is 12.5 Å². The van der Waals surface area contributed by atoms with Gasteiger partial charge in [-0.2, -0.15) is 0 Å². The van der Waals surface area contributed by atoms with E-state index in [0.29, 0.717) is 18.7 Å². The van der Waals surface area contributed by atoms with Crippen molar-refractivity contribution in [3.05, 3.63) is 29.8 Å². The molecule has 0 aliphatic carbocycles. The molecular formula is C18H25F3N2O3. The van der Waals surface area contributed by atoms with Crippen molar-refractivity contribution in [3.63, 3.8) is 0 Å². The van der Waals surface area contributed by atoms with E-state index in [1.165, 1.54) is 43.5 Å². The smallest absolute Gasteiger partial charge is 0.445 e. The lowest BCUT2D eigenvalue weighted by Gasteiger charge is -2.34. The van der Waals surface area contributed by atoms with Crippen molar-refractivity contribution < 1.29 is 27.4 Å². The molecule has 0 atom stereocenters. The summed E-state index contributed by atoms with van der Waals surface area (Å²) >= 11 is 0. The summed E-state index contributed by atoms with van der Waals surface area (Å²) in [5, 5.41) is 0. The van der Waals surface area contributed by atoms with Crippen molar-refractivity contribution in [2.45, 2.75) is 39.2 Å². The van der Waals surface area contributed by atoms with E-state index in [1.54, 1.807) is 4.90 Å². The van der Waals surface area contributed by atoms with Crippen LogP contribution in [0, 0.1) is 0 Å². The van der Waals surface area contributed by atoms with Crippen LogP contribution in [0.5, 0.6) is 5.75 Å². The lowest BCUT2D eigenvalue weighted by Crippen LogP contribution is -2.48. The Bertz CT molecular complexity index is 556. The maximum absolute atomic E-state index is 12.1. The minimum atomic E-state index is -4.72. The summed E-state index contributed by atoms with van der Waals surface area (Å²) < 4.78 is 45.4. The van der Waals surface area contributed by atoms with Gasteiger partial charge in [-0.05, 0) is 30.7 Å². The largest absolute Gasteiger partial charge is 0.573 e. The lowest BCUT2D eigenvalue weighted by atomic mass is 10.2. The van der Waals surface area contributed by atoms with Gasteiger partial charge in [0.15, 0.2) is 0 Å². The number of hydrogen-bond donors (Lipinski definition) is 0. The normalized spacial score (nSPS) is 15.8. The fourth-order valence-electron chi connectivity index (χ4n) is 2.76. The number of amides is 1. The van der Waals surface area contributed by atoms with Gasteiger partial charge >= 0.3 is 12.5 Å². The fourth-order valence-corrected chi connectivity index (χ4v) is 2.76. The Morgan fingerprint density at radius 3 is 2.31 bits per heavy atom. The molecule has 0 saturated carbocycles. The third-order valence-corrected chi connectivity index (χ3v) is 4.23. The Morgan fingerprint density at radius 2 is 1.73 bits per heavy atom. The number of carbonyl (C=O) groups is 1. The molecule has 1 aromatic rings. The van der Waals surface area contributed by atoms with Crippen LogP contribution in [0.15, 0.2) is 24.3 Å². The summed E-state index contributed by atoms with van der Waals surface area (Å²) in [5.41, 5.74) is 0.603. The number of ether oxygens (including phenoxy) is 2. The molecule has 26 heavy (non-hydrogen) atoms. The highest BCUT2D eigenvalue weighted by Gasteiger charge is 2.31. The molecule has 0 bridgehead atoms. The van der Waals surface area contributed by atoms with Crippen molar-refractivity contribution in [3.8, 4) is 5.75 Å². The molecule has 1 heterocycles. The quantitative estimate of drug-likeness (QED) is 0.676. The molecule has 1 fully saturated rings. The van der Waals surface area contributed by atoms with Crippen LogP contribution >= 0.6 is 0 Å². The molecular weight excluding hydrogens is 349 g/mol. The summed E-state index contributed by atoms with van der Waals surface area (Å²) in [6.07, 6.45) is -1.53. The standard InChI is InChI=1S/C18H25F3N2O3/c1-2-3-4-9-22-10-12-23(13-11-22)17(24)25-14-15-5-7-16(8-6-15)26-18(19,20)21/h5-8H,2-4,9-14H2,1H3. The van der Waals surface area contributed by atoms with E-state index in [-0.39, 0.29) is 12.4 Å². The van der Waals surface area contributed by atoms with Gasteiger partial charge in [0.05, 0.1) is 0 Å². The Labute approximate surface area is 151 Å². The van der Waals surface area contributed by atoms with Gasteiger partial charge in [-0.15, -0.1) is 13.2 Å². The summed E-state index contributed by atoms with van der Waals surface area (Å²) in [5.74, 6) is -0.299. The molecule has 146 valence electrons. The van der Waals surface area contributed by atoms with Crippen LogP contribution in [0.2, 0.25) is 0 Å². The average molecular weight is 374 g/mol. The highest BCUT2D eigenvalue weighted by molar-refractivity contribution is 5.67. The number of halogens is 3. The van der Waals surface area contributed by atoms with Gasteiger partial charge in [-0.1, -0.05) is 31.9 Å². The van der Waals surface area contributed by atoms with E-state index in [2.05, 4.69) is 16.6 Å².